The van der Waals surface area contributed by atoms with Crippen LogP contribution in [0.25, 0.3) is 0 Å². The number of pyridine rings is 1. The van der Waals surface area contributed by atoms with Gasteiger partial charge in [-0.05, 0) is 24.6 Å². The zero-order chi connectivity index (χ0) is 15.8. The molecule has 1 aromatic heterocycles. The van der Waals surface area contributed by atoms with E-state index in [1.54, 1.807) is 6.07 Å². The van der Waals surface area contributed by atoms with Gasteiger partial charge in [-0.15, -0.1) is 0 Å². The number of anilines is 4. The number of rotatable bonds is 6. The molecule has 124 valence electrons. The SMILES string of the molecule is CCCCNC(=O)Nc1ccc(Nc2ccccc2)[nH+]c1N.[Cl-]. The number of aromatic nitrogens is 1. The molecule has 0 unspecified atom stereocenters. The summed E-state index contributed by atoms with van der Waals surface area (Å²) in [5, 5.41) is 8.71. The van der Waals surface area contributed by atoms with Gasteiger partial charge in [-0.1, -0.05) is 31.5 Å². The van der Waals surface area contributed by atoms with Crippen molar-refractivity contribution in [2.75, 3.05) is 22.9 Å². The summed E-state index contributed by atoms with van der Waals surface area (Å²) < 4.78 is 0. The fraction of sp³-hybridized carbons (Fsp3) is 0.250. The van der Waals surface area contributed by atoms with Gasteiger partial charge in [0.1, 0.15) is 5.69 Å². The van der Waals surface area contributed by atoms with E-state index in [4.69, 9.17) is 5.73 Å². The van der Waals surface area contributed by atoms with Crippen molar-refractivity contribution in [3.63, 3.8) is 0 Å². The molecule has 6 nitrogen and oxygen atoms in total. The first-order valence-corrected chi connectivity index (χ1v) is 7.37. The maximum atomic E-state index is 11.7. The summed E-state index contributed by atoms with van der Waals surface area (Å²) >= 11 is 0. The summed E-state index contributed by atoms with van der Waals surface area (Å²) in [7, 11) is 0. The highest BCUT2D eigenvalue weighted by molar-refractivity contribution is 5.91. The fourth-order valence-electron chi connectivity index (χ4n) is 1.91. The molecule has 0 saturated carbocycles. The van der Waals surface area contributed by atoms with E-state index in [1.165, 1.54) is 0 Å². The molecule has 0 saturated heterocycles. The smallest absolute Gasteiger partial charge is 0.319 e. The van der Waals surface area contributed by atoms with Crippen molar-refractivity contribution in [1.29, 1.82) is 0 Å². The Balaban J connectivity index is 0.00000264. The molecule has 0 fully saturated rings. The van der Waals surface area contributed by atoms with Crippen LogP contribution in [0.15, 0.2) is 42.5 Å². The lowest BCUT2D eigenvalue weighted by Crippen LogP contribution is -3.00. The minimum Gasteiger partial charge on any atom is -1.00 e. The molecule has 1 heterocycles. The predicted octanol–water partition coefficient (Wildman–Crippen LogP) is -0.248. The number of H-pyrrole nitrogens is 1. The third-order valence-corrected chi connectivity index (χ3v) is 3.09. The van der Waals surface area contributed by atoms with Gasteiger partial charge >= 0.3 is 6.03 Å². The molecule has 23 heavy (non-hydrogen) atoms. The number of nitrogens with one attached hydrogen (secondary N) is 4. The molecule has 2 amide bonds. The summed E-state index contributed by atoms with van der Waals surface area (Å²) in [6, 6.07) is 13.1. The van der Waals surface area contributed by atoms with Crippen LogP contribution in [0.5, 0.6) is 0 Å². The van der Waals surface area contributed by atoms with Gasteiger partial charge in [0.15, 0.2) is 0 Å². The van der Waals surface area contributed by atoms with Crippen LogP contribution < -0.4 is 39.1 Å². The van der Waals surface area contributed by atoms with Crippen LogP contribution in [0.1, 0.15) is 19.8 Å². The highest BCUT2D eigenvalue weighted by Crippen LogP contribution is 2.17. The minimum absolute atomic E-state index is 0. The van der Waals surface area contributed by atoms with Crippen LogP contribution in [0.2, 0.25) is 0 Å². The van der Waals surface area contributed by atoms with Crippen molar-refractivity contribution in [1.82, 2.24) is 5.32 Å². The van der Waals surface area contributed by atoms with Gasteiger partial charge in [0.05, 0.1) is 5.69 Å². The monoisotopic (exact) mass is 335 g/mol. The fourth-order valence-corrected chi connectivity index (χ4v) is 1.91. The first-order chi connectivity index (χ1) is 10.7. The van der Waals surface area contributed by atoms with Crippen molar-refractivity contribution in [3.05, 3.63) is 42.5 Å². The average Bonchev–Trinajstić information content (AvgIpc) is 2.51. The van der Waals surface area contributed by atoms with E-state index in [9.17, 15) is 4.79 Å². The van der Waals surface area contributed by atoms with Crippen LogP contribution >= 0.6 is 0 Å². The third kappa shape index (κ3) is 6.04. The first-order valence-electron chi connectivity index (χ1n) is 7.37. The minimum atomic E-state index is -0.252. The lowest BCUT2D eigenvalue weighted by atomic mass is 10.3. The maximum Gasteiger partial charge on any atom is 0.319 e. The Labute approximate surface area is 142 Å². The number of urea groups is 1. The van der Waals surface area contributed by atoms with Crippen LogP contribution in [-0.2, 0) is 0 Å². The van der Waals surface area contributed by atoms with E-state index in [0.29, 0.717) is 18.1 Å². The molecule has 0 aliphatic rings. The number of unbranched alkanes of at least 4 members (excludes halogenated alkanes) is 1. The van der Waals surface area contributed by atoms with Gasteiger partial charge in [-0.3, -0.25) is 5.32 Å². The number of nitrogens with two attached hydrogens (primary N) is 1. The molecule has 7 heteroatoms. The molecule has 1 aromatic carbocycles. The van der Waals surface area contributed by atoms with E-state index in [1.807, 2.05) is 36.4 Å². The molecule has 2 rings (SSSR count). The van der Waals surface area contributed by atoms with Crippen LogP contribution in [0.3, 0.4) is 0 Å². The van der Waals surface area contributed by atoms with Crippen LogP contribution in [0.4, 0.5) is 27.8 Å². The summed E-state index contributed by atoms with van der Waals surface area (Å²) in [6.07, 6.45) is 1.99. The van der Waals surface area contributed by atoms with E-state index in [0.717, 1.165) is 24.3 Å². The molecule has 0 aliphatic carbocycles. The molecule has 0 bridgehead atoms. The number of carbonyl (C=O) groups excluding carboxylic acids is 1. The van der Waals surface area contributed by atoms with Crippen LogP contribution in [-0.4, -0.2) is 12.6 Å². The molecule has 0 atom stereocenters. The number of benzene rings is 1. The summed E-state index contributed by atoms with van der Waals surface area (Å²) in [4.78, 5) is 14.7. The standard InChI is InChI=1S/C16H21N5O.ClH/c1-2-3-11-18-16(22)20-13-9-10-14(21-15(13)17)19-12-7-5-4-6-8-12;/h4-10H,2-3,11H2,1H3,(H3,17,19,21)(H2,18,20,22);1H. The lowest BCUT2D eigenvalue weighted by Gasteiger charge is -2.08. The lowest BCUT2D eigenvalue weighted by molar-refractivity contribution is -0.342. The number of hydrogen-bond donors (Lipinski definition) is 4. The Morgan fingerprint density at radius 2 is 1.91 bits per heavy atom. The topological polar surface area (TPSA) is 93.3 Å². The largest absolute Gasteiger partial charge is 1.00 e. The van der Waals surface area contributed by atoms with Crippen molar-refractivity contribution in [3.8, 4) is 0 Å². The van der Waals surface area contributed by atoms with Gasteiger partial charge < -0.3 is 28.8 Å². The molecular formula is C16H22ClN5O. The van der Waals surface area contributed by atoms with Crippen molar-refractivity contribution in [2.45, 2.75) is 19.8 Å². The van der Waals surface area contributed by atoms with Crippen LogP contribution in [0, 0.1) is 0 Å². The number of halogens is 1. The Kier molecular flexibility index (Phi) is 7.70. The summed E-state index contributed by atoms with van der Waals surface area (Å²) in [5.41, 5.74) is 7.44. The molecule has 0 spiro atoms. The Hall–Kier alpha value is -2.47. The van der Waals surface area contributed by atoms with Crippen molar-refractivity contribution < 1.29 is 22.2 Å². The molecule has 6 N–H and O–H groups in total. The van der Waals surface area contributed by atoms with Gasteiger partial charge in [-0.2, -0.15) is 0 Å². The molecule has 0 aliphatic heterocycles. The van der Waals surface area contributed by atoms with Gasteiger partial charge in [0, 0.05) is 12.6 Å². The molecular weight excluding hydrogens is 314 g/mol. The Morgan fingerprint density at radius 3 is 2.57 bits per heavy atom. The quantitative estimate of drug-likeness (QED) is 0.549. The van der Waals surface area contributed by atoms with E-state index < -0.39 is 0 Å². The maximum absolute atomic E-state index is 11.7. The molecule has 0 radical (unpaired) electrons. The zero-order valence-corrected chi connectivity index (χ0v) is 13.8. The first kappa shape index (κ1) is 18.6. The van der Waals surface area contributed by atoms with Gasteiger partial charge in [0.25, 0.3) is 0 Å². The summed E-state index contributed by atoms with van der Waals surface area (Å²) in [6.45, 7) is 2.73. The number of aromatic amines is 1. The number of carbonyl (C=O) groups is 1. The predicted molar refractivity (Wildman–Crippen MR) is 89.1 cm³/mol. The summed E-state index contributed by atoms with van der Waals surface area (Å²) in [5.74, 6) is 1.15. The zero-order valence-electron chi connectivity index (χ0n) is 13.0. The van der Waals surface area contributed by atoms with Crippen molar-refractivity contribution in [2.24, 2.45) is 0 Å². The highest BCUT2D eigenvalue weighted by atomic mass is 35.5. The number of para-hydroxylation sites is 1. The van der Waals surface area contributed by atoms with E-state index >= 15 is 0 Å². The van der Waals surface area contributed by atoms with E-state index in [-0.39, 0.29) is 18.4 Å². The second-order valence-corrected chi connectivity index (χ2v) is 4.92. The Bertz CT molecular complexity index is 621. The molecule has 2 aromatic rings. The average molecular weight is 336 g/mol. The second kappa shape index (κ2) is 9.53. The number of hydrogen-bond acceptors (Lipinski definition) is 3. The third-order valence-electron chi connectivity index (χ3n) is 3.09. The second-order valence-electron chi connectivity index (χ2n) is 4.92. The normalized spacial score (nSPS) is 9.61. The highest BCUT2D eigenvalue weighted by Gasteiger charge is 2.10. The van der Waals surface area contributed by atoms with Crippen molar-refractivity contribution >= 4 is 29.0 Å². The number of amides is 2. The van der Waals surface area contributed by atoms with Gasteiger partial charge in [-0.25, -0.2) is 9.78 Å². The number of nitrogen functional groups attached to an aromatic ring is 1. The van der Waals surface area contributed by atoms with E-state index in [2.05, 4.69) is 27.9 Å². The van der Waals surface area contributed by atoms with Gasteiger partial charge in [0.2, 0.25) is 11.6 Å². The Morgan fingerprint density at radius 1 is 1.17 bits per heavy atom.